The van der Waals surface area contributed by atoms with Gasteiger partial charge in [-0.25, -0.2) is 0 Å². The van der Waals surface area contributed by atoms with E-state index >= 15 is 0 Å². The number of carbonyl (C=O) groups is 2. The van der Waals surface area contributed by atoms with Crippen molar-refractivity contribution >= 4 is 17.5 Å². The van der Waals surface area contributed by atoms with E-state index in [0.29, 0.717) is 25.5 Å². The van der Waals surface area contributed by atoms with Crippen LogP contribution in [-0.2, 0) is 16.0 Å². The average Bonchev–Trinajstić information content (AvgIpc) is 2.99. The highest BCUT2D eigenvalue weighted by molar-refractivity contribution is 6.06. The number of anilines is 1. The predicted molar refractivity (Wildman–Crippen MR) is 129 cm³/mol. The molecular weight excluding hydrogens is 400 g/mol. The Morgan fingerprint density at radius 1 is 1.16 bits per heavy atom. The summed E-state index contributed by atoms with van der Waals surface area (Å²) in [5, 5.41) is 2.84. The zero-order valence-electron chi connectivity index (χ0n) is 20.0. The van der Waals surface area contributed by atoms with Crippen molar-refractivity contribution in [1.82, 2.24) is 5.32 Å². The first-order valence-electron chi connectivity index (χ1n) is 11.8. The number of benzene rings is 2. The van der Waals surface area contributed by atoms with Crippen molar-refractivity contribution in [3.63, 3.8) is 0 Å². The van der Waals surface area contributed by atoms with Gasteiger partial charge in [-0.2, -0.15) is 0 Å². The van der Waals surface area contributed by atoms with E-state index in [1.165, 1.54) is 23.6 Å². The number of carbonyl (C=O) groups excluding carboxylic acids is 2. The van der Waals surface area contributed by atoms with Crippen molar-refractivity contribution in [1.29, 1.82) is 0 Å². The second kappa shape index (κ2) is 10.7. The molecule has 1 aliphatic rings. The third-order valence-corrected chi connectivity index (χ3v) is 5.95. The molecule has 2 aromatic rings. The van der Waals surface area contributed by atoms with Crippen molar-refractivity contribution in [3.05, 3.63) is 58.7 Å². The van der Waals surface area contributed by atoms with Gasteiger partial charge in [-0.3, -0.25) is 9.59 Å². The Labute approximate surface area is 192 Å². The van der Waals surface area contributed by atoms with Gasteiger partial charge in [0.2, 0.25) is 5.91 Å². The van der Waals surface area contributed by atoms with Crippen LogP contribution >= 0.6 is 0 Å². The van der Waals surface area contributed by atoms with Gasteiger partial charge in [0, 0.05) is 24.7 Å². The van der Waals surface area contributed by atoms with Crippen LogP contribution in [0.2, 0.25) is 0 Å². The van der Waals surface area contributed by atoms with Crippen LogP contribution in [-0.4, -0.2) is 25.0 Å². The standard InChI is InChI=1S/C27H36N2O3/c1-6-7-9-21-11-13-24-23(17-21)26(28-20(5)30)27(31)29(24)14-8-15-32-25-16-19(4)10-12-22(25)18(2)3/h10-13,16-18,26H,6-9,14-15H2,1-5H3,(H,28,30). The first-order valence-corrected chi connectivity index (χ1v) is 11.8. The van der Waals surface area contributed by atoms with E-state index in [2.05, 4.69) is 63.3 Å². The monoisotopic (exact) mass is 436 g/mol. The smallest absolute Gasteiger partial charge is 0.254 e. The lowest BCUT2D eigenvalue weighted by Crippen LogP contribution is -2.37. The third kappa shape index (κ3) is 5.50. The van der Waals surface area contributed by atoms with Crippen LogP contribution in [0.3, 0.4) is 0 Å². The van der Waals surface area contributed by atoms with Crippen molar-refractivity contribution in [2.24, 2.45) is 0 Å². The van der Waals surface area contributed by atoms with Gasteiger partial charge in [-0.15, -0.1) is 0 Å². The van der Waals surface area contributed by atoms with Crippen molar-refractivity contribution in [3.8, 4) is 5.75 Å². The molecule has 2 amide bonds. The largest absolute Gasteiger partial charge is 0.493 e. The van der Waals surface area contributed by atoms with Gasteiger partial charge in [-0.1, -0.05) is 51.5 Å². The van der Waals surface area contributed by atoms with Crippen LogP contribution in [0, 0.1) is 6.92 Å². The molecule has 0 radical (unpaired) electrons. The lowest BCUT2D eigenvalue weighted by atomic mass is 10.0. The average molecular weight is 437 g/mol. The van der Waals surface area contributed by atoms with Gasteiger partial charge >= 0.3 is 0 Å². The zero-order valence-corrected chi connectivity index (χ0v) is 20.0. The summed E-state index contributed by atoms with van der Waals surface area (Å²) in [5.74, 6) is 1.04. The maximum absolute atomic E-state index is 13.1. The molecule has 32 heavy (non-hydrogen) atoms. The summed E-state index contributed by atoms with van der Waals surface area (Å²) in [6.07, 6.45) is 3.92. The van der Waals surface area contributed by atoms with Gasteiger partial charge in [0.1, 0.15) is 11.8 Å². The minimum atomic E-state index is -0.602. The van der Waals surface area contributed by atoms with Crippen molar-refractivity contribution in [2.45, 2.75) is 72.3 Å². The highest BCUT2D eigenvalue weighted by Gasteiger charge is 2.37. The first kappa shape index (κ1) is 23.8. The Bertz CT molecular complexity index is 967. The van der Waals surface area contributed by atoms with E-state index in [1.807, 2.05) is 6.07 Å². The molecule has 1 atom stereocenters. The topological polar surface area (TPSA) is 58.6 Å². The number of hydrogen-bond donors (Lipinski definition) is 1. The maximum Gasteiger partial charge on any atom is 0.254 e. The molecule has 0 saturated carbocycles. The summed E-state index contributed by atoms with van der Waals surface area (Å²) in [6.45, 7) is 11.1. The summed E-state index contributed by atoms with van der Waals surface area (Å²) < 4.78 is 6.11. The lowest BCUT2D eigenvalue weighted by molar-refractivity contribution is -0.126. The number of ether oxygens (including phenoxy) is 1. The molecule has 3 rings (SSSR count). The normalized spacial score (nSPS) is 15.2. The molecule has 5 nitrogen and oxygen atoms in total. The Balaban J connectivity index is 1.70. The van der Waals surface area contributed by atoms with Crippen LogP contribution < -0.4 is 15.0 Å². The zero-order chi connectivity index (χ0) is 23.3. The van der Waals surface area contributed by atoms with E-state index < -0.39 is 6.04 Å². The van der Waals surface area contributed by atoms with Crippen LogP contribution in [0.5, 0.6) is 5.75 Å². The van der Waals surface area contributed by atoms with E-state index in [0.717, 1.165) is 36.3 Å². The van der Waals surface area contributed by atoms with Crippen LogP contribution in [0.1, 0.15) is 81.2 Å². The molecule has 1 unspecified atom stereocenters. The number of hydrogen-bond acceptors (Lipinski definition) is 3. The fourth-order valence-electron chi connectivity index (χ4n) is 4.25. The fourth-order valence-corrected chi connectivity index (χ4v) is 4.25. The van der Waals surface area contributed by atoms with Gasteiger partial charge < -0.3 is 15.0 Å². The molecule has 0 aliphatic carbocycles. The van der Waals surface area contributed by atoms with Crippen LogP contribution in [0.4, 0.5) is 5.69 Å². The van der Waals surface area contributed by atoms with E-state index in [9.17, 15) is 9.59 Å². The second-order valence-electron chi connectivity index (χ2n) is 9.02. The van der Waals surface area contributed by atoms with Gasteiger partial charge in [-0.05, 0) is 60.9 Å². The van der Waals surface area contributed by atoms with Crippen LogP contribution in [0.15, 0.2) is 36.4 Å². The molecule has 0 spiro atoms. The molecule has 5 heteroatoms. The second-order valence-corrected chi connectivity index (χ2v) is 9.02. The Kier molecular flexibility index (Phi) is 7.94. The SMILES string of the molecule is CCCCc1ccc2c(c1)C(NC(C)=O)C(=O)N2CCCOc1cc(C)ccc1C(C)C. The Morgan fingerprint density at radius 2 is 1.94 bits per heavy atom. The molecule has 172 valence electrons. The highest BCUT2D eigenvalue weighted by atomic mass is 16.5. The minimum absolute atomic E-state index is 0.0683. The van der Waals surface area contributed by atoms with Crippen molar-refractivity contribution in [2.75, 3.05) is 18.1 Å². The Hall–Kier alpha value is -2.82. The molecule has 1 aliphatic heterocycles. The number of fused-ring (bicyclic) bond motifs is 1. The van der Waals surface area contributed by atoms with E-state index in [-0.39, 0.29) is 11.8 Å². The Morgan fingerprint density at radius 3 is 2.62 bits per heavy atom. The number of amides is 2. The molecule has 1 heterocycles. The number of aryl methyl sites for hydroxylation is 2. The molecule has 0 saturated heterocycles. The minimum Gasteiger partial charge on any atom is -0.493 e. The lowest BCUT2D eigenvalue weighted by Gasteiger charge is -2.19. The molecule has 2 aromatic carbocycles. The first-order chi connectivity index (χ1) is 15.3. The van der Waals surface area contributed by atoms with Gasteiger partial charge in [0.25, 0.3) is 5.91 Å². The van der Waals surface area contributed by atoms with Gasteiger partial charge in [0.05, 0.1) is 6.61 Å². The predicted octanol–water partition coefficient (Wildman–Crippen LogP) is 5.45. The maximum atomic E-state index is 13.1. The quantitative estimate of drug-likeness (QED) is 0.504. The molecule has 0 fully saturated rings. The number of unbranched alkanes of at least 4 members (excludes halogenated alkanes) is 1. The van der Waals surface area contributed by atoms with Crippen LogP contribution in [0.25, 0.3) is 0 Å². The summed E-state index contributed by atoms with van der Waals surface area (Å²) in [4.78, 5) is 26.7. The highest BCUT2D eigenvalue weighted by Crippen LogP contribution is 2.37. The number of nitrogens with one attached hydrogen (secondary N) is 1. The summed E-state index contributed by atoms with van der Waals surface area (Å²) in [7, 11) is 0. The fraction of sp³-hybridized carbons (Fsp3) is 0.481. The number of nitrogens with zero attached hydrogens (tertiary/aromatic N) is 1. The van der Waals surface area contributed by atoms with Crippen molar-refractivity contribution < 1.29 is 14.3 Å². The van der Waals surface area contributed by atoms with Gasteiger partial charge in [0.15, 0.2) is 0 Å². The van der Waals surface area contributed by atoms with E-state index in [4.69, 9.17) is 4.74 Å². The summed E-state index contributed by atoms with van der Waals surface area (Å²) >= 11 is 0. The number of rotatable bonds is 10. The molecule has 1 N–H and O–H groups in total. The summed E-state index contributed by atoms with van der Waals surface area (Å²) in [5.41, 5.74) is 5.38. The molecule has 0 aromatic heterocycles. The van der Waals surface area contributed by atoms with E-state index in [1.54, 1.807) is 4.90 Å². The summed E-state index contributed by atoms with van der Waals surface area (Å²) in [6, 6.07) is 11.9. The molecular formula is C27H36N2O3. The molecule has 0 bridgehead atoms. The third-order valence-electron chi connectivity index (χ3n) is 5.95.